The van der Waals surface area contributed by atoms with Crippen LogP contribution in [0.25, 0.3) is 0 Å². The van der Waals surface area contributed by atoms with E-state index in [2.05, 4.69) is 0 Å². The van der Waals surface area contributed by atoms with Crippen LogP contribution in [-0.2, 0) is 9.59 Å². The molecule has 0 aliphatic carbocycles. The number of rotatable bonds is 5. The first-order valence-electron chi connectivity index (χ1n) is 7.38. The summed E-state index contributed by atoms with van der Waals surface area (Å²) in [6.45, 7) is 4.67. The molecule has 1 saturated heterocycles. The predicted molar refractivity (Wildman–Crippen MR) is 80.0 cm³/mol. The lowest BCUT2D eigenvalue weighted by Gasteiger charge is -2.34. The quantitative estimate of drug-likeness (QED) is 0.773. The van der Waals surface area contributed by atoms with E-state index in [1.807, 2.05) is 35.2 Å². The third-order valence-electron chi connectivity index (χ3n) is 3.62. The van der Waals surface area contributed by atoms with Gasteiger partial charge in [-0.05, 0) is 18.6 Å². The molecule has 0 radical (unpaired) electrons. The largest absolute Gasteiger partial charge is 0.494 e. The molecule has 0 aromatic heterocycles. The SMILES string of the molecule is CC(=O)N1CCN(C(=O)CCCOc2ccccc2)CC1. The third kappa shape index (κ3) is 4.77. The number of carbonyl (C=O) groups is 2. The molecule has 1 heterocycles. The zero-order valence-corrected chi connectivity index (χ0v) is 12.5. The Hall–Kier alpha value is -2.04. The summed E-state index contributed by atoms with van der Waals surface area (Å²) >= 11 is 0. The number of carbonyl (C=O) groups excluding carboxylic acids is 2. The average molecular weight is 290 g/mol. The zero-order valence-electron chi connectivity index (χ0n) is 12.5. The molecule has 0 atom stereocenters. The summed E-state index contributed by atoms with van der Waals surface area (Å²) in [6.07, 6.45) is 1.20. The number of amides is 2. The van der Waals surface area contributed by atoms with Crippen LogP contribution in [0.5, 0.6) is 5.75 Å². The smallest absolute Gasteiger partial charge is 0.222 e. The van der Waals surface area contributed by atoms with E-state index >= 15 is 0 Å². The second-order valence-electron chi connectivity index (χ2n) is 5.15. The molecule has 2 rings (SSSR count). The monoisotopic (exact) mass is 290 g/mol. The molecule has 5 heteroatoms. The Kier molecular flexibility index (Phi) is 5.60. The summed E-state index contributed by atoms with van der Waals surface area (Å²) in [6, 6.07) is 9.60. The van der Waals surface area contributed by atoms with E-state index in [0.29, 0.717) is 45.6 Å². The normalized spacial score (nSPS) is 14.9. The number of ether oxygens (including phenoxy) is 1. The molecular weight excluding hydrogens is 268 g/mol. The van der Waals surface area contributed by atoms with Crippen LogP contribution in [0, 0.1) is 0 Å². The van der Waals surface area contributed by atoms with Gasteiger partial charge in [0.05, 0.1) is 6.61 Å². The van der Waals surface area contributed by atoms with E-state index in [1.54, 1.807) is 11.8 Å². The Morgan fingerprint density at radius 1 is 1.05 bits per heavy atom. The fraction of sp³-hybridized carbons (Fsp3) is 0.500. The first kappa shape index (κ1) is 15.4. The molecule has 2 amide bonds. The van der Waals surface area contributed by atoms with Crippen LogP contribution in [-0.4, -0.2) is 54.4 Å². The fourth-order valence-electron chi connectivity index (χ4n) is 2.36. The number of benzene rings is 1. The second kappa shape index (κ2) is 7.67. The Morgan fingerprint density at radius 2 is 1.67 bits per heavy atom. The Labute approximate surface area is 125 Å². The Balaban J connectivity index is 1.63. The van der Waals surface area contributed by atoms with Crippen molar-refractivity contribution in [2.24, 2.45) is 0 Å². The summed E-state index contributed by atoms with van der Waals surface area (Å²) in [5.74, 6) is 1.06. The van der Waals surface area contributed by atoms with Gasteiger partial charge in [0.1, 0.15) is 5.75 Å². The van der Waals surface area contributed by atoms with Gasteiger partial charge in [-0.15, -0.1) is 0 Å². The van der Waals surface area contributed by atoms with Crippen molar-refractivity contribution in [1.29, 1.82) is 0 Å². The summed E-state index contributed by atoms with van der Waals surface area (Å²) in [5.41, 5.74) is 0. The molecule has 1 fully saturated rings. The molecule has 0 unspecified atom stereocenters. The molecule has 0 N–H and O–H groups in total. The number of piperazine rings is 1. The van der Waals surface area contributed by atoms with Crippen molar-refractivity contribution in [3.8, 4) is 5.75 Å². The first-order valence-corrected chi connectivity index (χ1v) is 7.38. The highest BCUT2D eigenvalue weighted by molar-refractivity contribution is 5.77. The van der Waals surface area contributed by atoms with Gasteiger partial charge < -0.3 is 14.5 Å². The van der Waals surface area contributed by atoms with E-state index in [-0.39, 0.29) is 11.8 Å². The van der Waals surface area contributed by atoms with E-state index in [4.69, 9.17) is 4.74 Å². The fourth-order valence-corrected chi connectivity index (χ4v) is 2.36. The van der Waals surface area contributed by atoms with E-state index in [9.17, 15) is 9.59 Å². The van der Waals surface area contributed by atoms with Gasteiger partial charge >= 0.3 is 0 Å². The lowest BCUT2D eigenvalue weighted by atomic mass is 10.2. The lowest BCUT2D eigenvalue weighted by molar-refractivity contribution is -0.138. The van der Waals surface area contributed by atoms with Crippen LogP contribution in [0.1, 0.15) is 19.8 Å². The van der Waals surface area contributed by atoms with Gasteiger partial charge in [0.25, 0.3) is 0 Å². The number of para-hydroxylation sites is 1. The van der Waals surface area contributed by atoms with E-state index in [0.717, 1.165) is 5.75 Å². The second-order valence-corrected chi connectivity index (χ2v) is 5.15. The van der Waals surface area contributed by atoms with Gasteiger partial charge in [0.2, 0.25) is 11.8 Å². The minimum absolute atomic E-state index is 0.0818. The highest BCUT2D eigenvalue weighted by atomic mass is 16.5. The van der Waals surface area contributed by atoms with Gasteiger partial charge in [0.15, 0.2) is 0 Å². The van der Waals surface area contributed by atoms with Crippen LogP contribution < -0.4 is 4.74 Å². The average Bonchev–Trinajstić information content (AvgIpc) is 2.52. The van der Waals surface area contributed by atoms with Crippen molar-refractivity contribution in [3.05, 3.63) is 30.3 Å². The standard InChI is InChI=1S/C16H22N2O3/c1-14(19)17-9-11-18(12-10-17)16(20)8-5-13-21-15-6-3-2-4-7-15/h2-4,6-7H,5,8-13H2,1H3. The molecule has 0 spiro atoms. The maximum absolute atomic E-state index is 12.1. The summed E-state index contributed by atoms with van der Waals surface area (Å²) in [7, 11) is 0. The molecule has 114 valence electrons. The van der Waals surface area contributed by atoms with Crippen molar-refractivity contribution >= 4 is 11.8 Å². The Morgan fingerprint density at radius 3 is 2.29 bits per heavy atom. The van der Waals surface area contributed by atoms with Crippen LogP contribution >= 0.6 is 0 Å². The number of hydrogen-bond donors (Lipinski definition) is 0. The molecule has 1 aliphatic rings. The first-order chi connectivity index (χ1) is 10.2. The van der Waals surface area contributed by atoms with Crippen molar-refractivity contribution < 1.29 is 14.3 Å². The minimum atomic E-state index is 0.0818. The maximum Gasteiger partial charge on any atom is 0.222 e. The van der Waals surface area contributed by atoms with Crippen LogP contribution in [0.15, 0.2) is 30.3 Å². The summed E-state index contributed by atoms with van der Waals surface area (Å²) in [5, 5.41) is 0. The van der Waals surface area contributed by atoms with E-state index in [1.165, 1.54) is 0 Å². The van der Waals surface area contributed by atoms with Gasteiger partial charge in [0, 0.05) is 39.5 Å². The van der Waals surface area contributed by atoms with Gasteiger partial charge in [-0.3, -0.25) is 9.59 Å². The van der Waals surface area contributed by atoms with Crippen molar-refractivity contribution in [1.82, 2.24) is 9.80 Å². The molecule has 5 nitrogen and oxygen atoms in total. The summed E-state index contributed by atoms with van der Waals surface area (Å²) < 4.78 is 5.57. The minimum Gasteiger partial charge on any atom is -0.494 e. The molecule has 21 heavy (non-hydrogen) atoms. The van der Waals surface area contributed by atoms with Gasteiger partial charge in [-0.1, -0.05) is 18.2 Å². The van der Waals surface area contributed by atoms with Crippen LogP contribution in [0.2, 0.25) is 0 Å². The van der Waals surface area contributed by atoms with E-state index < -0.39 is 0 Å². The molecule has 1 aromatic rings. The number of hydrogen-bond acceptors (Lipinski definition) is 3. The zero-order chi connectivity index (χ0) is 15.1. The topological polar surface area (TPSA) is 49.9 Å². The third-order valence-corrected chi connectivity index (χ3v) is 3.62. The summed E-state index contributed by atoms with van der Waals surface area (Å²) in [4.78, 5) is 26.9. The number of nitrogens with zero attached hydrogens (tertiary/aromatic N) is 2. The predicted octanol–water partition coefficient (Wildman–Crippen LogP) is 1.54. The highest BCUT2D eigenvalue weighted by Crippen LogP contribution is 2.10. The highest BCUT2D eigenvalue weighted by Gasteiger charge is 2.21. The molecule has 0 bridgehead atoms. The van der Waals surface area contributed by atoms with Crippen LogP contribution in [0.3, 0.4) is 0 Å². The lowest BCUT2D eigenvalue weighted by Crippen LogP contribution is -2.50. The maximum atomic E-state index is 12.1. The van der Waals surface area contributed by atoms with Crippen molar-refractivity contribution in [2.75, 3.05) is 32.8 Å². The molecular formula is C16H22N2O3. The molecule has 1 aromatic carbocycles. The Bertz CT molecular complexity index is 468. The molecule has 1 aliphatic heterocycles. The van der Waals surface area contributed by atoms with Crippen LogP contribution in [0.4, 0.5) is 0 Å². The van der Waals surface area contributed by atoms with Crippen molar-refractivity contribution in [2.45, 2.75) is 19.8 Å². The molecule has 0 saturated carbocycles. The van der Waals surface area contributed by atoms with Gasteiger partial charge in [-0.25, -0.2) is 0 Å². The van der Waals surface area contributed by atoms with Gasteiger partial charge in [-0.2, -0.15) is 0 Å². The van der Waals surface area contributed by atoms with Crippen molar-refractivity contribution in [3.63, 3.8) is 0 Å².